The average molecular weight is 465 g/mol. The third-order valence-corrected chi connectivity index (χ3v) is 5.33. The van der Waals surface area contributed by atoms with Crippen LogP contribution in [0.3, 0.4) is 0 Å². The minimum absolute atomic E-state index is 0.0853. The molecule has 2 aliphatic rings. The van der Waals surface area contributed by atoms with Gasteiger partial charge in [-0.1, -0.05) is 0 Å². The zero-order valence-electron chi connectivity index (χ0n) is 17.3. The molecular weight excluding hydrogens is 444 g/mol. The molecule has 1 aromatic heterocycles. The van der Waals surface area contributed by atoms with E-state index in [0.29, 0.717) is 6.54 Å². The van der Waals surface area contributed by atoms with E-state index in [-0.39, 0.29) is 31.8 Å². The summed E-state index contributed by atoms with van der Waals surface area (Å²) in [6.07, 6.45) is -9.14. The smallest absolute Gasteiger partial charge is 0.336 e. The molecule has 2 amide bonds. The molecule has 3 rings (SSSR count). The molecule has 1 N–H and O–H groups in total. The molecule has 7 nitrogen and oxygen atoms in total. The Morgan fingerprint density at radius 1 is 1.16 bits per heavy atom. The highest BCUT2D eigenvalue weighted by Gasteiger charge is 2.43. The number of halogens is 6. The zero-order chi connectivity index (χ0) is 23.8. The number of likely N-dealkylation sites (N-methyl/N-ethyl adjacent to an activating group) is 1. The van der Waals surface area contributed by atoms with Crippen molar-refractivity contribution in [2.75, 3.05) is 26.7 Å². The van der Waals surface area contributed by atoms with Crippen LogP contribution in [0.5, 0.6) is 0 Å². The molecule has 0 aromatic carbocycles. The molecule has 1 atom stereocenters. The maximum atomic E-state index is 13.3. The summed E-state index contributed by atoms with van der Waals surface area (Å²) in [4.78, 5) is 33.4. The topological polar surface area (TPSA) is 78.4 Å². The van der Waals surface area contributed by atoms with E-state index in [1.54, 1.807) is 18.9 Å². The molecule has 32 heavy (non-hydrogen) atoms. The van der Waals surface area contributed by atoms with Gasteiger partial charge in [0.05, 0.1) is 12.2 Å². The van der Waals surface area contributed by atoms with E-state index in [1.165, 1.54) is 11.0 Å². The SMILES string of the molecule is CN[C@@H](CC(=O)N1CCc2c(nc(C(F)(F)F)nc2C(F)(F)F)C1)CN1CC(C)=CC1=O. The van der Waals surface area contributed by atoms with Gasteiger partial charge in [-0.2, -0.15) is 26.3 Å². The Balaban J connectivity index is 1.76. The molecule has 176 valence electrons. The Hall–Kier alpha value is -2.70. The van der Waals surface area contributed by atoms with Gasteiger partial charge >= 0.3 is 12.4 Å². The van der Waals surface area contributed by atoms with Crippen LogP contribution < -0.4 is 5.32 Å². The predicted molar refractivity (Wildman–Crippen MR) is 99.0 cm³/mol. The van der Waals surface area contributed by atoms with Crippen LogP contribution in [0.1, 0.15) is 36.1 Å². The van der Waals surface area contributed by atoms with Gasteiger partial charge in [-0.05, 0) is 26.0 Å². The molecule has 13 heteroatoms. The molecule has 3 heterocycles. The molecule has 0 spiro atoms. The van der Waals surface area contributed by atoms with Crippen molar-refractivity contribution in [2.45, 2.75) is 44.7 Å². The van der Waals surface area contributed by atoms with Gasteiger partial charge in [0.15, 0.2) is 5.69 Å². The van der Waals surface area contributed by atoms with Crippen molar-refractivity contribution >= 4 is 11.8 Å². The van der Waals surface area contributed by atoms with E-state index in [2.05, 4.69) is 15.3 Å². The fourth-order valence-electron chi connectivity index (χ4n) is 3.75. The third kappa shape index (κ3) is 5.19. The van der Waals surface area contributed by atoms with Crippen LogP contribution in [-0.2, 0) is 34.9 Å². The highest BCUT2D eigenvalue weighted by Crippen LogP contribution is 2.36. The summed E-state index contributed by atoms with van der Waals surface area (Å²) in [6.45, 7) is 1.87. The standard InChI is InChI=1S/C19H21F6N5O2/c1-10-5-14(31)30(7-10)8-11(26-2)6-15(32)29-4-3-12-13(9-29)27-17(19(23,24)25)28-16(12)18(20,21)22/h5,11,26H,3-4,6-9H2,1-2H3/t11-/m0/s1. The maximum Gasteiger partial charge on any atom is 0.451 e. The van der Waals surface area contributed by atoms with Gasteiger partial charge in [0.25, 0.3) is 0 Å². The van der Waals surface area contributed by atoms with Gasteiger partial charge in [-0.3, -0.25) is 9.59 Å². The fourth-order valence-corrected chi connectivity index (χ4v) is 3.75. The highest BCUT2D eigenvalue weighted by atomic mass is 19.4. The first kappa shape index (κ1) is 24.0. The summed E-state index contributed by atoms with van der Waals surface area (Å²) in [5, 5.41) is 2.92. The van der Waals surface area contributed by atoms with Crippen LogP contribution in [-0.4, -0.2) is 64.3 Å². The summed E-state index contributed by atoms with van der Waals surface area (Å²) < 4.78 is 79.0. The van der Waals surface area contributed by atoms with E-state index in [4.69, 9.17) is 0 Å². The molecule has 0 radical (unpaired) electrons. The van der Waals surface area contributed by atoms with Crippen molar-refractivity contribution in [2.24, 2.45) is 0 Å². The number of carbonyl (C=O) groups excluding carboxylic acids is 2. The van der Waals surface area contributed by atoms with Crippen LogP contribution in [0.4, 0.5) is 26.3 Å². The maximum absolute atomic E-state index is 13.3. The van der Waals surface area contributed by atoms with Gasteiger partial charge in [0, 0.05) is 43.7 Å². The number of hydrogen-bond donors (Lipinski definition) is 1. The first-order valence-electron chi connectivity index (χ1n) is 9.75. The molecule has 2 aliphatic heterocycles. The molecule has 0 fully saturated rings. The number of hydrogen-bond acceptors (Lipinski definition) is 5. The summed E-state index contributed by atoms with van der Waals surface area (Å²) in [5.41, 5.74) is -1.63. The third-order valence-electron chi connectivity index (χ3n) is 5.33. The van der Waals surface area contributed by atoms with Crippen molar-refractivity contribution in [3.05, 3.63) is 34.4 Å². The molecule has 0 aliphatic carbocycles. The van der Waals surface area contributed by atoms with Crippen LogP contribution in [0.25, 0.3) is 0 Å². The van der Waals surface area contributed by atoms with E-state index < -0.39 is 53.6 Å². The molecule has 0 saturated carbocycles. The number of rotatable bonds is 5. The van der Waals surface area contributed by atoms with Crippen molar-refractivity contribution in [3.63, 3.8) is 0 Å². The Morgan fingerprint density at radius 2 is 1.84 bits per heavy atom. The highest BCUT2D eigenvalue weighted by molar-refractivity contribution is 5.91. The van der Waals surface area contributed by atoms with Gasteiger partial charge in [-0.25, -0.2) is 9.97 Å². The monoisotopic (exact) mass is 465 g/mol. The lowest BCUT2D eigenvalue weighted by Gasteiger charge is -2.31. The first-order chi connectivity index (χ1) is 14.8. The normalized spacial score (nSPS) is 18.0. The minimum Gasteiger partial charge on any atom is -0.336 e. The summed E-state index contributed by atoms with van der Waals surface area (Å²) in [5.74, 6) is -2.54. The molecular formula is C19H21F6N5O2. The van der Waals surface area contributed by atoms with E-state index >= 15 is 0 Å². The van der Waals surface area contributed by atoms with Crippen molar-refractivity contribution < 1.29 is 35.9 Å². The summed E-state index contributed by atoms with van der Waals surface area (Å²) >= 11 is 0. The molecule has 0 unspecified atom stereocenters. The average Bonchev–Trinajstić information content (AvgIpc) is 3.01. The fraction of sp³-hybridized carbons (Fsp3) is 0.579. The number of nitrogens with one attached hydrogen (secondary N) is 1. The predicted octanol–water partition coefficient (Wildman–Crippen LogP) is 2.17. The van der Waals surface area contributed by atoms with Crippen LogP contribution >= 0.6 is 0 Å². The minimum atomic E-state index is -5.16. The van der Waals surface area contributed by atoms with E-state index in [9.17, 15) is 35.9 Å². The van der Waals surface area contributed by atoms with Crippen LogP contribution in [0.15, 0.2) is 11.6 Å². The quantitative estimate of drug-likeness (QED) is 0.675. The van der Waals surface area contributed by atoms with Crippen molar-refractivity contribution in [3.8, 4) is 0 Å². The van der Waals surface area contributed by atoms with Gasteiger partial charge in [-0.15, -0.1) is 0 Å². The Bertz CT molecular complexity index is 943. The lowest BCUT2D eigenvalue weighted by atomic mass is 10.0. The number of fused-ring (bicyclic) bond motifs is 1. The number of aromatic nitrogens is 2. The van der Waals surface area contributed by atoms with Gasteiger partial charge < -0.3 is 15.1 Å². The van der Waals surface area contributed by atoms with E-state index in [0.717, 1.165) is 5.57 Å². The number of carbonyl (C=O) groups is 2. The lowest BCUT2D eigenvalue weighted by Crippen LogP contribution is -2.45. The van der Waals surface area contributed by atoms with Crippen molar-refractivity contribution in [1.82, 2.24) is 25.1 Å². The molecule has 1 aromatic rings. The Morgan fingerprint density at radius 3 is 2.38 bits per heavy atom. The van der Waals surface area contributed by atoms with Gasteiger partial charge in [0.2, 0.25) is 17.6 Å². The second-order valence-corrected chi connectivity index (χ2v) is 7.78. The number of nitrogens with zero attached hydrogens (tertiary/aromatic N) is 4. The largest absolute Gasteiger partial charge is 0.451 e. The molecule has 0 bridgehead atoms. The second-order valence-electron chi connectivity index (χ2n) is 7.78. The van der Waals surface area contributed by atoms with Crippen LogP contribution in [0, 0.1) is 0 Å². The zero-order valence-corrected chi connectivity index (χ0v) is 17.3. The number of alkyl halides is 6. The second kappa shape index (κ2) is 8.68. The van der Waals surface area contributed by atoms with Crippen molar-refractivity contribution in [1.29, 1.82) is 0 Å². The van der Waals surface area contributed by atoms with Crippen LogP contribution in [0.2, 0.25) is 0 Å². The molecule has 0 saturated heterocycles. The number of amides is 2. The first-order valence-corrected chi connectivity index (χ1v) is 9.75. The summed E-state index contributed by atoms with van der Waals surface area (Å²) in [7, 11) is 1.60. The van der Waals surface area contributed by atoms with Gasteiger partial charge in [0.1, 0.15) is 0 Å². The Labute approximate surface area is 179 Å². The van der Waals surface area contributed by atoms with E-state index in [1.807, 2.05) is 0 Å². The summed E-state index contributed by atoms with van der Waals surface area (Å²) in [6, 6.07) is -0.436. The Kier molecular flexibility index (Phi) is 6.50. The lowest BCUT2D eigenvalue weighted by molar-refractivity contribution is -0.153.